The standard InChI is InChI=1S/C16H15FO2S/c1-12-3-7-14(8-4-12)11-16(17)20(18,19)15-9-5-13(2)6-10-15/h3-11H,1-2H3/b16-11+. The third-order valence-corrected chi connectivity index (χ3v) is 4.47. The Hall–Kier alpha value is -1.94. The van der Waals surface area contributed by atoms with Crippen molar-refractivity contribution in [3.8, 4) is 0 Å². The second-order valence-corrected chi connectivity index (χ2v) is 6.54. The number of halogens is 1. The fourth-order valence-electron chi connectivity index (χ4n) is 1.70. The molecule has 0 fully saturated rings. The molecule has 0 aromatic heterocycles. The molecule has 0 aliphatic heterocycles. The third kappa shape index (κ3) is 3.14. The van der Waals surface area contributed by atoms with Crippen molar-refractivity contribution >= 4 is 15.9 Å². The van der Waals surface area contributed by atoms with Crippen LogP contribution in [-0.4, -0.2) is 8.42 Å². The van der Waals surface area contributed by atoms with Crippen LogP contribution in [0.15, 0.2) is 58.6 Å². The molecule has 0 saturated heterocycles. The van der Waals surface area contributed by atoms with Crippen molar-refractivity contribution in [1.82, 2.24) is 0 Å². The molecule has 0 amide bonds. The molecule has 0 heterocycles. The van der Waals surface area contributed by atoms with Crippen molar-refractivity contribution in [2.75, 3.05) is 0 Å². The minimum Gasteiger partial charge on any atom is -0.216 e. The van der Waals surface area contributed by atoms with Gasteiger partial charge < -0.3 is 0 Å². The van der Waals surface area contributed by atoms with Gasteiger partial charge in [0.15, 0.2) is 0 Å². The number of sulfone groups is 1. The lowest BCUT2D eigenvalue weighted by Crippen LogP contribution is -2.01. The van der Waals surface area contributed by atoms with Crippen LogP contribution in [0.5, 0.6) is 0 Å². The van der Waals surface area contributed by atoms with E-state index in [2.05, 4.69) is 0 Å². The average Bonchev–Trinajstić information content (AvgIpc) is 2.42. The molecule has 104 valence electrons. The summed E-state index contributed by atoms with van der Waals surface area (Å²) in [6.07, 6.45) is 1.04. The highest BCUT2D eigenvalue weighted by molar-refractivity contribution is 7.95. The van der Waals surface area contributed by atoms with Gasteiger partial charge in [0.1, 0.15) is 0 Å². The Morgan fingerprint density at radius 2 is 1.35 bits per heavy atom. The first-order valence-corrected chi connectivity index (χ1v) is 7.63. The predicted octanol–water partition coefficient (Wildman–Crippen LogP) is 4.05. The molecule has 2 aromatic carbocycles. The molecular formula is C16H15FO2S. The second-order valence-electron chi connectivity index (χ2n) is 4.68. The maximum absolute atomic E-state index is 14.0. The number of hydrogen-bond acceptors (Lipinski definition) is 2. The van der Waals surface area contributed by atoms with Crippen molar-refractivity contribution in [1.29, 1.82) is 0 Å². The summed E-state index contributed by atoms with van der Waals surface area (Å²) in [4.78, 5) is -0.0380. The summed E-state index contributed by atoms with van der Waals surface area (Å²) in [5.74, 6) is 0. The van der Waals surface area contributed by atoms with E-state index in [0.717, 1.165) is 17.2 Å². The average molecular weight is 290 g/mol. The first-order valence-electron chi connectivity index (χ1n) is 6.15. The van der Waals surface area contributed by atoms with Crippen LogP contribution in [0.3, 0.4) is 0 Å². The molecule has 0 saturated carbocycles. The largest absolute Gasteiger partial charge is 0.233 e. The molecule has 0 N–H and O–H groups in total. The van der Waals surface area contributed by atoms with Crippen molar-refractivity contribution in [2.45, 2.75) is 18.7 Å². The molecule has 0 aliphatic carbocycles. The van der Waals surface area contributed by atoms with E-state index in [0.29, 0.717) is 5.56 Å². The molecule has 0 atom stereocenters. The van der Waals surface area contributed by atoms with Gasteiger partial charge in [0.05, 0.1) is 4.90 Å². The first-order chi connectivity index (χ1) is 9.39. The number of hydrogen-bond donors (Lipinski definition) is 0. The number of aryl methyl sites for hydroxylation is 2. The van der Waals surface area contributed by atoms with E-state index in [-0.39, 0.29) is 4.90 Å². The molecular weight excluding hydrogens is 275 g/mol. The smallest absolute Gasteiger partial charge is 0.216 e. The minimum absolute atomic E-state index is 0.0380. The minimum atomic E-state index is -4.07. The van der Waals surface area contributed by atoms with Crippen LogP contribution in [0.1, 0.15) is 16.7 Å². The Morgan fingerprint density at radius 1 is 0.900 bits per heavy atom. The van der Waals surface area contributed by atoms with E-state index < -0.39 is 15.0 Å². The van der Waals surface area contributed by atoms with Crippen LogP contribution in [0.4, 0.5) is 4.39 Å². The predicted molar refractivity (Wildman–Crippen MR) is 78.6 cm³/mol. The second kappa shape index (κ2) is 5.59. The fourth-order valence-corrected chi connectivity index (χ4v) is 2.71. The third-order valence-electron chi connectivity index (χ3n) is 2.95. The summed E-state index contributed by atoms with van der Waals surface area (Å²) < 4.78 is 38.2. The van der Waals surface area contributed by atoms with Gasteiger partial charge in [-0.05, 0) is 37.6 Å². The van der Waals surface area contributed by atoms with Gasteiger partial charge in [0.2, 0.25) is 15.0 Å². The SMILES string of the molecule is Cc1ccc(/C=C(\F)S(=O)(=O)c2ccc(C)cc2)cc1. The summed E-state index contributed by atoms with van der Waals surface area (Å²) in [5.41, 5.74) is 2.47. The molecule has 0 spiro atoms. The molecule has 0 radical (unpaired) electrons. The van der Waals surface area contributed by atoms with Gasteiger partial charge in [0, 0.05) is 0 Å². The van der Waals surface area contributed by atoms with E-state index in [1.165, 1.54) is 12.1 Å². The highest BCUT2D eigenvalue weighted by atomic mass is 32.2. The molecule has 20 heavy (non-hydrogen) atoms. The van der Waals surface area contributed by atoms with Gasteiger partial charge in [-0.25, -0.2) is 8.42 Å². The van der Waals surface area contributed by atoms with E-state index in [1.54, 1.807) is 36.4 Å². The van der Waals surface area contributed by atoms with Crippen LogP contribution in [0.2, 0.25) is 0 Å². The summed E-state index contributed by atoms with van der Waals surface area (Å²) in [5, 5.41) is -1.15. The molecule has 2 aromatic rings. The Morgan fingerprint density at radius 3 is 1.85 bits per heavy atom. The van der Waals surface area contributed by atoms with Crippen LogP contribution >= 0.6 is 0 Å². The van der Waals surface area contributed by atoms with E-state index in [4.69, 9.17) is 0 Å². The number of rotatable bonds is 3. The summed E-state index contributed by atoms with van der Waals surface area (Å²) in [7, 11) is -4.07. The van der Waals surface area contributed by atoms with Crippen molar-refractivity contribution in [3.63, 3.8) is 0 Å². The summed E-state index contributed by atoms with van der Waals surface area (Å²) >= 11 is 0. The summed E-state index contributed by atoms with van der Waals surface area (Å²) in [6, 6.07) is 13.1. The Bertz CT molecular complexity index is 727. The lowest BCUT2D eigenvalue weighted by Gasteiger charge is -2.03. The molecule has 0 unspecified atom stereocenters. The zero-order valence-electron chi connectivity index (χ0n) is 11.3. The normalized spacial score (nSPS) is 12.4. The molecule has 2 rings (SSSR count). The lowest BCUT2D eigenvalue weighted by atomic mass is 10.1. The molecule has 0 bridgehead atoms. The van der Waals surface area contributed by atoms with Crippen molar-refractivity contribution < 1.29 is 12.8 Å². The van der Waals surface area contributed by atoms with Gasteiger partial charge in [-0.1, -0.05) is 47.5 Å². The number of benzene rings is 2. The van der Waals surface area contributed by atoms with E-state index in [9.17, 15) is 12.8 Å². The van der Waals surface area contributed by atoms with E-state index in [1.807, 2.05) is 13.8 Å². The quantitative estimate of drug-likeness (QED) is 0.854. The van der Waals surface area contributed by atoms with Gasteiger partial charge in [0.25, 0.3) is 0 Å². The maximum atomic E-state index is 14.0. The van der Waals surface area contributed by atoms with Gasteiger partial charge in [-0.3, -0.25) is 0 Å². The monoisotopic (exact) mass is 290 g/mol. The Labute approximate surface area is 118 Å². The van der Waals surface area contributed by atoms with Crippen LogP contribution < -0.4 is 0 Å². The van der Waals surface area contributed by atoms with E-state index >= 15 is 0 Å². The van der Waals surface area contributed by atoms with Crippen molar-refractivity contribution in [3.05, 3.63) is 70.4 Å². The van der Waals surface area contributed by atoms with Crippen LogP contribution in [0.25, 0.3) is 6.08 Å². The van der Waals surface area contributed by atoms with Crippen molar-refractivity contribution in [2.24, 2.45) is 0 Å². The highest BCUT2D eigenvalue weighted by Crippen LogP contribution is 2.23. The zero-order chi connectivity index (χ0) is 14.8. The molecule has 2 nitrogen and oxygen atoms in total. The van der Waals surface area contributed by atoms with Gasteiger partial charge in [-0.2, -0.15) is 4.39 Å². The topological polar surface area (TPSA) is 34.1 Å². The first kappa shape index (κ1) is 14.5. The zero-order valence-corrected chi connectivity index (χ0v) is 12.1. The fraction of sp³-hybridized carbons (Fsp3) is 0.125. The Balaban J connectivity index is 2.38. The highest BCUT2D eigenvalue weighted by Gasteiger charge is 2.20. The lowest BCUT2D eigenvalue weighted by molar-refractivity contribution is 0.579. The van der Waals surface area contributed by atoms with Crippen LogP contribution in [-0.2, 0) is 9.84 Å². The molecule has 0 aliphatic rings. The van der Waals surface area contributed by atoms with Crippen LogP contribution in [0, 0.1) is 13.8 Å². The Kier molecular flexibility index (Phi) is 4.04. The molecule has 4 heteroatoms. The van der Waals surface area contributed by atoms with Gasteiger partial charge in [-0.15, -0.1) is 0 Å². The summed E-state index contributed by atoms with van der Waals surface area (Å²) in [6.45, 7) is 3.75. The maximum Gasteiger partial charge on any atom is 0.233 e. The van der Waals surface area contributed by atoms with Gasteiger partial charge >= 0.3 is 0 Å².